The van der Waals surface area contributed by atoms with Gasteiger partial charge >= 0.3 is 6.09 Å². The normalized spacial score (nSPS) is 26.3. The average Bonchev–Trinajstić information content (AvgIpc) is 3.14. The van der Waals surface area contributed by atoms with Crippen LogP contribution >= 0.6 is 11.3 Å². The summed E-state index contributed by atoms with van der Waals surface area (Å²) in [7, 11) is 0. The molecule has 3 aromatic rings. The predicted molar refractivity (Wildman–Crippen MR) is 112 cm³/mol. The summed E-state index contributed by atoms with van der Waals surface area (Å²) in [6.45, 7) is 2.18. The minimum Gasteiger partial charge on any atom is -0.444 e. The van der Waals surface area contributed by atoms with E-state index in [9.17, 15) is 4.79 Å². The van der Waals surface area contributed by atoms with Crippen molar-refractivity contribution < 1.29 is 9.53 Å². The zero-order chi connectivity index (χ0) is 18.9. The second-order valence-electron chi connectivity index (χ2n) is 7.65. The van der Waals surface area contributed by atoms with E-state index < -0.39 is 0 Å². The predicted octanol–water partition coefficient (Wildman–Crippen LogP) is 4.55. The zero-order valence-corrected chi connectivity index (χ0v) is 16.4. The number of anilines is 1. The molecule has 6 rings (SSSR count). The Bertz CT molecular complexity index is 966. The van der Waals surface area contributed by atoms with E-state index in [1.807, 2.05) is 35.8 Å². The number of nitrogens with one attached hydrogen (secondary N) is 1. The molecule has 3 fully saturated rings. The maximum absolute atomic E-state index is 12.7. The molecule has 0 spiro atoms. The topological polar surface area (TPSA) is 54.5 Å². The Labute approximate surface area is 168 Å². The molecule has 2 bridgehead atoms. The monoisotopic (exact) mass is 393 g/mol. The molecule has 3 saturated heterocycles. The molecule has 2 atom stereocenters. The van der Waals surface area contributed by atoms with Crippen LogP contribution in [-0.4, -0.2) is 41.2 Å². The lowest BCUT2D eigenvalue weighted by atomic mass is 9.78. The van der Waals surface area contributed by atoms with E-state index in [2.05, 4.69) is 27.3 Å². The molecule has 6 heteroatoms. The Morgan fingerprint density at radius 2 is 2.07 bits per heavy atom. The molecule has 0 aliphatic carbocycles. The van der Waals surface area contributed by atoms with Crippen molar-refractivity contribution in [3.05, 3.63) is 59.7 Å². The van der Waals surface area contributed by atoms with Crippen molar-refractivity contribution in [2.24, 2.45) is 5.92 Å². The van der Waals surface area contributed by atoms with Crippen LogP contribution in [0.1, 0.15) is 18.4 Å². The lowest BCUT2D eigenvalue weighted by Gasteiger charge is -2.50. The number of carbonyl (C=O) groups excluding carboxylic acids is 1. The van der Waals surface area contributed by atoms with E-state index in [1.54, 1.807) is 17.5 Å². The van der Waals surface area contributed by atoms with Crippen molar-refractivity contribution in [3.8, 4) is 0 Å². The van der Waals surface area contributed by atoms with Gasteiger partial charge in [0.05, 0.1) is 11.7 Å². The Morgan fingerprint density at radius 3 is 2.89 bits per heavy atom. The molecular formula is C22H23N3O2S. The van der Waals surface area contributed by atoms with E-state index in [4.69, 9.17) is 4.74 Å². The molecule has 3 aliphatic heterocycles. The second kappa shape index (κ2) is 7.53. The summed E-state index contributed by atoms with van der Waals surface area (Å²) in [6.07, 6.45) is 6.35. The van der Waals surface area contributed by atoms with Crippen LogP contribution < -0.4 is 5.32 Å². The van der Waals surface area contributed by atoms with Gasteiger partial charge in [0, 0.05) is 33.8 Å². The third-order valence-corrected chi connectivity index (χ3v) is 6.98. The number of nitrogens with zero attached hydrogens (tertiary/aromatic N) is 2. The maximum Gasteiger partial charge on any atom is 0.412 e. The standard InChI is InChI=1S/C22H23N3O2S/c26-22(24-18-14-28-20-6-2-1-5-17(18)20)27-21-16-7-10-25(11-8-16)19(21)12-15-4-3-9-23-13-15/h1-6,9,13-14,16,19,21H,7-8,10-12H2,(H,24,26)/t19-,21-/m1/s1. The van der Waals surface area contributed by atoms with Crippen LogP contribution in [0.15, 0.2) is 54.2 Å². The van der Waals surface area contributed by atoms with E-state index in [1.165, 1.54) is 5.56 Å². The first kappa shape index (κ1) is 17.6. The van der Waals surface area contributed by atoms with Gasteiger partial charge in [-0.2, -0.15) is 0 Å². The lowest BCUT2D eigenvalue weighted by molar-refractivity contribution is -0.0741. The lowest BCUT2D eigenvalue weighted by Crippen LogP contribution is -2.60. The van der Waals surface area contributed by atoms with Crippen molar-refractivity contribution in [2.45, 2.75) is 31.4 Å². The summed E-state index contributed by atoms with van der Waals surface area (Å²) in [6, 6.07) is 12.4. The summed E-state index contributed by atoms with van der Waals surface area (Å²) >= 11 is 1.63. The van der Waals surface area contributed by atoms with Gasteiger partial charge in [0.25, 0.3) is 0 Å². The molecule has 1 amide bonds. The fraction of sp³-hybridized carbons (Fsp3) is 0.364. The quantitative estimate of drug-likeness (QED) is 0.706. The molecule has 1 N–H and O–H groups in total. The van der Waals surface area contributed by atoms with Gasteiger partial charge in [-0.1, -0.05) is 24.3 Å². The van der Waals surface area contributed by atoms with Gasteiger partial charge in [-0.3, -0.25) is 15.2 Å². The molecule has 5 nitrogen and oxygen atoms in total. The number of fused-ring (bicyclic) bond motifs is 4. The van der Waals surface area contributed by atoms with Gasteiger partial charge in [0.1, 0.15) is 6.10 Å². The number of piperidine rings is 3. The molecule has 0 saturated carbocycles. The van der Waals surface area contributed by atoms with E-state index in [-0.39, 0.29) is 18.2 Å². The third kappa shape index (κ3) is 3.38. The number of thiophene rings is 1. The fourth-order valence-electron chi connectivity index (χ4n) is 4.62. The first-order valence-corrected chi connectivity index (χ1v) is 10.7. The van der Waals surface area contributed by atoms with Crippen LogP contribution in [0.4, 0.5) is 10.5 Å². The molecule has 2 aromatic heterocycles. The van der Waals surface area contributed by atoms with E-state index in [0.29, 0.717) is 5.92 Å². The average molecular weight is 394 g/mol. The van der Waals surface area contributed by atoms with Crippen LogP contribution in [0, 0.1) is 5.92 Å². The second-order valence-corrected chi connectivity index (χ2v) is 8.56. The number of hydrogen-bond acceptors (Lipinski definition) is 5. The van der Waals surface area contributed by atoms with Crippen LogP contribution in [0.3, 0.4) is 0 Å². The number of pyridine rings is 1. The van der Waals surface area contributed by atoms with Crippen LogP contribution in [0.25, 0.3) is 10.1 Å². The number of carbonyl (C=O) groups is 1. The largest absolute Gasteiger partial charge is 0.444 e. The summed E-state index contributed by atoms with van der Waals surface area (Å²) in [4.78, 5) is 19.5. The van der Waals surface area contributed by atoms with Crippen molar-refractivity contribution in [1.82, 2.24) is 9.88 Å². The van der Waals surface area contributed by atoms with Crippen molar-refractivity contribution in [2.75, 3.05) is 18.4 Å². The SMILES string of the molecule is O=C(Nc1csc2ccccc12)O[C@@H]1C2CCN(CC2)[C@@H]1Cc1cccnc1. The van der Waals surface area contributed by atoms with Crippen molar-refractivity contribution >= 4 is 33.2 Å². The summed E-state index contributed by atoms with van der Waals surface area (Å²) < 4.78 is 7.19. The van der Waals surface area contributed by atoms with Gasteiger partial charge in [0.2, 0.25) is 0 Å². The highest BCUT2D eigenvalue weighted by Crippen LogP contribution is 2.36. The van der Waals surface area contributed by atoms with E-state index in [0.717, 1.165) is 48.1 Å². The Hall–Kier alpha value is -2.44. The van der Waals surface area contributed by atoms with Crippen molar-refractivity contribution in [3.63, 3.8) is 0 Å². The highest BCUT2D eigenvalue weighted by atomic mass is 32.1. The molecule has 1 aromatic carbocycles. The number of amides is 1. The number of hydrogen-bond donors (Lipinski definition) is 1. The molecule has 28 heavy (non-hydrogen) atoms. The molecule has 5 heterocycles. The number of ether oxygens (including phenoxy) is 1. The van der Waals surface area contributed by atoms with E-state index >= 15 is 0 Å². The molecule has 0 unspecified atom stereocenters. The van der Waals surface area contributed by atoms with Crippen LogP contribution in [0.5, 0.6) is 0 Å². The summed E-state index contributed by atoms with van der Waals surface area (Å²) in [5.74, 6) is 0.441. The fourth-order valence-corrected chi connectivity index (χ4v) is 5.51. The number of rotatable bonds is 4. The van der Waals surface area contributed by atoms with Gasteiger partial charge in [0.15, 0.2) is 0 Å². The minimum atomic E-state index is -0.349. The van der Waals surface area contributed by atoms with Gasteiger partial charge in [-0.15, -0.1) is 11.3 Å². The maximum atomic E-state index is 12.7. The Kier molecular flexibility index (Phi) is 4.74. The smallest absolute Gasteiger partial charge is 0.412 e. The third-order valence-electron chi connectivity index (χ3n) is 6.02. The number of benzene rings is 1. The number of aromatic nitrogens is 1. The highest BCUT2D eigenvalue weighted by Gasteiger charge is 2.44. The van der Waals surface area contributed by atoms with Gasteiger partial charge in [-0.25, -0.2) is 4.79 Å². The summed E-state index contributed by atoms with van der Waals surface area (Å²) in [5.41, 5.74) is 2.02. The van der Waals surface area contributed by atoms with Gasteiger partial charge in [-0.05, 0) is 50.0 Å². The zero-order valence-electron chi connectivity index (χ0n) is 15.6. The minimum absolute atomic E-state index is 0.0763. The summed E-state index contributed by atoms with van der Waals surface area (Å²) in [5, 5.41) is 6.02. The first-order valence-electron chi connectivity index (χ1n) is 9.85. The van der Waals surface area contributed by atoms with Crippen LogP contribution in [0.2, 0.25) is 0 Å². The Morgan fingerprint density at radius 1 is 1.21 bits per heavy atom. The molecule has 144 valence electrons. The highest BCUT2D eigenvalue weighted by molar-refractivity contribution is 7.17. The molecule has 3 aliphatic rings. The van der Waals surface area contributed by atoms with Gasteiger partial charge < -0.3 is 4.74 Å². The van der Waals surface area contributed by atoms with Crippen molar-refractivity contribution in [1.29, 1.82) is 0 Å². The van der Waals surface area contributed by atoms with Crippen LogP contribution in [-0.2, 0) is 11.2 Å². The molecule has 0 radical (unpaired) electrons. The molecular weight excluding hydrogens is 370 g/mol. The Balaban J connectivity index is 1.32. The first-order chi connectivity index (χ1) is 13.8.